The predicted molar refractivity (Wildman–Crippen MR) is 99.4 cm³/mol. The van der Waals surface area contributed by atoms with E-state index in [4.69, 9.17) is 19.9 Å². The number of ketones is 1. The molecule has 138 valence electrons. The van der Waals surface area contributed by atoms with Crippen molar-refractivity contribution >= 4 is 28.1 Å². The van der Waals surface area contributed by atoms with E-state index in [1.165, 1.54) is 11.3 Å². The SMILES string of the molecule is COC1CCC(Nc2nc(N)c(C(=O)c3ccc4c(c3)OCCO4)s2)C1. The summed E-state index contributed by atoms with van der Waals surface area (Å²) in [6.07, 6.45) is 3.26. The standard InChI is InChI=1S/C18H21N3O4S/c1-23-12-4-3-11(9-12)20-18-21-17(19)16(26-18)15(22)10-2-5-13-14(8-10)25-7-6-24-13/h2,5,8,11-12H,3-4,6-7,9,19H2,1H3,(H,20,21). The van der Waals surface area contributed by atoms with Crippen molar-refractivity contribution in [1.29, 1.82) is 0 Å². The molecule has 2 heterocycles. The number of hydrogen-bond donors (Lipinski definition) is 2. The fourth-order valence-corrected chi connectivity index (χ4v) is 4.26. The first-order valence-corrected chi connectivity index (χ1v) is 9.45. The average Bonchev–Trinajstić information content (AvgIpc) is 3.27. The van der Waals surface area contributed by atoms with Gasteiger partial charge in [-0.2, -0.15) is 0 Å². The summed E-state index contributed by atoms with van der Waals surface area (Å²) >= 11 is 1.29. The number of fused-ring (bicyclic) bond motifs is 1. The third-order valence-corrected chi connectivity index (χ3v) is 5.71. The van der Waals surface area contributed by atoms with Crippen LogP contribution in [0.3, 0.4) is 0 Å². The molecule has 8 heteroatoms. The van der Waals surface area contributed by atoms with E-state index in [1.54, 1.807) is 25.3 Å². The van der Waals surface area contributed by atoms with Crippen LogP contribution in [0.2, 0.25) is 0 Å². The smallest absolute Gasteiger partial charge is 0.206 e. The Morgan fingerprint density at radius 3 is 2.88 bits per heavy atom. The van der Waals surface area contributed by atoms with Gasteiger partial charge >= 0.3 is 0 Å². The predicted octanol–water partition coefficient (Wildman–Crippen LogP) is 2.71. The topological polar surface area (TPSA) is 95.7 Å². The van der Waals surface area contributed by atoms with Crippen LogP contribution < -0.4 is 20.5 Å². The molecule has 2 unspecified atom stereocenters. The Morgan fingerprint density at radius 1 is 1.31 bits per heavy atom. The van der Waals surface area contributed by atoms with Gasteiger partial charge in [0.1, 0.15) is 23.9 Å². The van der Waals surface area contributed by atoms with E-state index in [-0.39, 0.29) is 17.7 Å². The Hall–Kier alpha value is -2.32. The van der Waals surface area contributed by atoms with Crippen molar-refractivity contribution in [2.24, 2.45) is 0 Å². The number of nitrogens with zero attached hydrogens (tertiary/aromatic N) is 1. The lowest BCUT2D eigenvalue weighted by molar-refractivity contribution is 0.104. The molecule has 0 bridgehead atoms. The van der Waals surface area contributed by atoms with Crippen molar-refractivity contribution < 1.29 is 19.0 Å². The number of rotatable bonds is 5. The molecular weight excluding hydrogens is 354 g/mol. The monoisotopic (exact) mass is 375 g/mol. The van der Waals surface area contributed by atoms with Gasteiger partial charge in [0, 0.05) is 18.7 Å². The van der Waals surface area contributed by atoms with E-state index >= 15 is 0 Å². The highest BCUT2D eigenvalue weighted by Gasteiger charge is 2.26. The summed E-state index contributed by atoms with van der Waals surface area (Å²) in [6, 6.07) is 5.47. The van der Waals surface area contributed by atoms with Crippen LogP contribution >= 0.6 is 11.3 Å². The van der Waals surface area contributed by atoms with Crippen LogP contribution in [0.15, 0.2) is 18.2 Å². The summed E-state index contributed by atoms with van der Waals surface area (Å²) in [4.78, 5) is 17.6. The van der Waals surface area contributed by atoms with Crippen LogP contribution in [-0.2, 0) is 4.74 Å². The average molecular weight is 375 g/mol. The van der Waals surface area contributed by atoms with Crippen molar-refractivity contribution in [3.05, 3.63) is 28.6 Å². The molecule has 1 fully saturated rings. The maximum atomic E-state index is 12.8. The van der Waals surface area contributed by atoms with Crippen LogP contribution in [0.1, 0.15) is 34.5 Å². The lowest BCUT2D eigenvalue weighted by Gasteiger charge is -2.18. The van der Waals surface area contributed by atoms with Gasteiger partial charge in [-0.3, -0.25) is 4.79 Å². The third-order valence-electron chi connectivity index (χ3n) is 4.71. The van der Waals surface area contributed by atoms with Crippen molar-refractivity contribution in [3.8, 4) is 11.5 Å². The first-order chi connectivity index (χ1) is 12.6. The molecule has 2 atom stereocenters. The molecule has 7 nitrogen and oxygen atoms in total. The number of methoxy groups -OCH3 is 1. The quantitative estimate of drug-likeness (QED) is 0.776. The minimum Gasteiger partial charge on any atom is -0.486 e. The lowest BCUT2D eigenvalue weighted by atomic mass is 10.1. The molecule has 0 spiro atoms. The summed E-state index contributed by atoms with van der Waals surface area (Å²) in [7, 11) is 1.73. The van der Waals surface area contributed by atoms with E-state index in [0.717, 1.165) is 19.3 Å². The van der Waals surface area contributed by atoms with E-state index in [9.17, 15) is 4.79 Å². The molecule has 2 aromatic rings. The summed E-state index contributed by atoms with van der Waals surface area (Å²) in [5, 5.41) is 4.04. The number of ether oxygens (including phenoxy) is 3. The minimum absolute atomic E-state index is 0.161. The van der Waals surface area contributed by atoms with Crippen LogP contribution in [0.5, 0.6) is 11.5 Å². The first-order valence-electron chi connectivity index (χ1n) is 8.64. The molecule has 0 amide bonds. The van der Waals surface area contributed by atoms with Gasteiger partial charge in [-0.25, -0.2) is 4.98 Å². The highest BCUT2D eigenvalue weighted by molar-refractivity contribution is 7.18. The highest BCUT2D eigenvalue weighted by atomic mass is 32.1. The first kappa shape index (κ1) is 17.1. The normalized spacial score (nSPS) is 21.6. The Labute approximate surface area is 155 Å². The summed E-state index contributed by atoms with van der Waals surface area (Å²) < 4.78 is 16.4. The molecule has 0 saturated heterocycles. The maximum Gasteiger partial charge on any atom is 0.206 e. The van der Waals surface area contributed by atoms with Gasteiger partial charge in [0.25, 0.3) is 0 Å². The second-order valence-corrected chi connectivity index (χ2v) is 7.43. The summed E-state index contributed by atoms with van der Waals surface area (Å²) in [5.74, 6) is 1.33. The van der Waals surface area contributed by atoms with Gasteiger partial charge in [0.05, 0.1) is 6.10 Å². The summed E-state index contributed by atoms with van der Waals surface area (Å²) in [6.45, 7) is 0.994. The molecular formula is C18H21N3O4S. The third kappa shape index (κ3) is 3.34. The van der Waals surface area contributed by atoms with Crippen LogP contribution in [0.25, 0.3) is 0 Å². The maximum absolute atomic E-state index is 12.8. The van der Waals surface area contributed by atoms with Gasteiger partial charge in [-0.05, 0) is 37.5 Å². The number of nitrogen functional groups attached to an aromatic ring is 1. The van der Waals surface area contributed by atoms with Crippen LogP contribution in [0, 0.1) is 0 Å². The zero-order chi connectivity index (χ0) is 18.1. The number of carbonyl (C=O) groups is 1. The van der Waals surface area contributed by atoms with Gasteiger partial charge in [0.2, 0.25) is 5.78 Å². The fourth-order valence-electron chi connectivity index (χ4n) is 3.33. The molecule has 26 heavy (non-hydrogen) atoms. The largest absolute Gasteiger partial charge is 0.486 e. The van der Waals surface area contributed by atoms with E-state index in [2.05, 4.69) is 10.3 Å². The van der Waals surface area contributed by atoms with Crippen LogP contribution in [0.4, 0.5) is 10.9 Å². The number of nitrogens with one attached hydrogen (secondary N) is 1. The number of carbonyl (C=O) groups excluding carboxylic acids is 1. The molecule has 4 rings (SSSR count). The molecule has 1 aliphatic carbocycles. The van der Waals surface area contributed by atoms with E-state index in [1.807, 2.05) is 0 Å². The molecule has 0 radical (unpaired) electrons. The molecule has 1 aliphatic heterocycles. The number of aromatic nitrogens is 1. The molecule has 1 aromatic heterocycles. The number of thiazole rings is 1. The van der Waals surface area contributed by atoms with E-state index < -0.39 is 0 Å². The number of nitrogens with two attached hydrogens (primary N) is 1. The van der Waals surface area contributed by atoms with Gasteiger partial charge < -0.3 is 25.3 Å². The van der Waals surface area contributed by atoms with Gasteiger partial charge in [0.15, 0.2) is 16.6 Å². The number of hydrogen-bond acceptors (Lipinski definition) is 8. The lowest BCUT2D eigenvalue weighted by Crippen LogP contribution is -2.17. The molecule has 1 aromatic carbocycles. The summed E-state index contributed by atoms with van der Waals surface area (Å²) in [5.41, 5.74) is 6.51. The van der Waals surface area contributed by atoms with Crippen molar-refractivity contribution in [2.75, 3.05) is 31.4 Å². The Morgan fingerprint density at radius 2 is 2.12 bits per heavy atom. The Balaban J connectivity index is 1.51. The Bertz CT molecular complexity index is 823. The molecule has 2 aliphatic rings. The van der Waals surface area contributed by atoms with Crippen molar-refractivity contribution in [3.63, 3.8) is 0 Å². The fraction of sp³-hybridized carbons (Fsp3) is 0.444. The number of anilines is 2. The van der Waals surface area contributed by atoms with Gasteiger partial charge in [-0.1, -0.05) is 11.3 Å². The zero-order valence-electron chi connectivity index (χ0n) is 14.5. The molecule has 3 N–H and O–H groups in total. The van der Waals surface area contributed by atoms with Gasteiger partial charge in [-0.15, -0.1) is 0 Å². The second-order valence-electron chi connectivity index (χ2n) is 6.43. The second kappa shape index (κ2) is 7.13. The van der Waals surface area contributed by atoms with Crippen molar-refractivity contribution in [2.45, 2.75) is 31.4 Å². The number of benzene rings is 1. The van der Waals surface area contributed by atoms with Crippen LogP contribution in [-0.4, -0.2) is 43.2 Å². The molecule has 1 saturated carbocycles. The van der Waals surface area contributed by atoms with E-state index in [0.29, 0.717) is 46.3 Å². The zero-order valence-corrected chi connectivity index (χ0v) is 15.3. The Kier molecular flexibility index (Phi) is 4.69. The highest BCUT2D eigenvalue weighted by Crippen LogP contribution is 2.34. The minimum atomic E-state index is -0.161. The van der Waals surface area contributed by atoms with Crippen molar-refractivity contribution in [1.82, 2.24) is 4.98 Å².